The Balaban J connectivity index is 2.13. The number of carbonyl (C=O) groups is 1. The number of ether oxygens (including phenoxy) is 1. The summed E-state index contributed by atoms with van der Waals surface area (Å²) in [6.45, 7) is 11.0. The highest BCUT2D eigenvalue weighted by Gasteiger charge is 2.24. The zero-order valence-corrected chi connectivity index (χ0v) is 13.6. The molecule has 0 unspecified atom stereocenters. The molecule has 0 atom stereocenters. The van der Waals surface area contributed by atoms with E-state index < -0.39 is 5.60 Å². The van der Waals surface area contributed by atoms with Gasteiger partial charge in [-0.3, -0.25) is 4.98 Å². The van der Waals surface area contributed by atoms with Gasteiger partial charge in [-0.1, -0.05) is 6.08 Å². The van der Waals surface area contributed by atoms with Crippen molar-refractivity contribution in [1.29, 1.82) is 0 Å². The second kappa shape index (κ2) is 5.88. The molecule has 1 aromatic rings. The minimum atomic E-state index is -0.456. The lowest BCUT2D eigenvalue weighted by Crippen LogP contribution is -2.39. The van der Waals surface area contributed by atoms with E-state index in [1.165, 1.54) is 5.57 Å². The number of aromatic nitrogens is 1. The maximum Gasteiger partial charge on any atom is 0.410 e. The molecule has 2 heterocycles. The van der Waals surface area contributed by atoms with Gasteiger partial charge in [0.2, 0.25) is 0 Å². The summed E-state index contributed by atoms with van der Waals surface area (Å²) >= 11 is 0. The van der Waals surface area contributed by atoms with Crippen LogP contribution in [0.4, 0.5) is 4.79 Å². The van der Waals surface area contributed by atoms with E-state index >= 15 is 0 Å². The molecule has 0 aromatic carbocycles. The SMILES string of the molecule is Cc1cc(C2=CCCN(C(=O)OC(C)(C)C)C2)cc(C)n1. The largest absolute Gasteiger partial charge is 0.444 e. The normalized spacial score (nSPS) is 15.7. The predicted molar refractivity (Wildman–Crippen MR) is 84.1 cm³/mol. The monoisotopic (exact) mass is 288 g/mol. The maximum absolute atomic E-state index is 12.2. The quantitative estimate of drug-likeness (QED) is 0.791. The molecular formula is C17H24N2O2. The average Bonchev–Trinajstić information content (AvgIpc) is 2.36. The minimum Gasteiger partial charge on any atom is -0.444 e. The lowest BCUT2D eigenvalue weighted by atomic mass is 10.0. The molecule has 1 aliphatic heterocycles. The van der Waals surface area contributed by atoms with Crippen LogP contribution in [0, 0.1) is 13.8 Å². The van der Waals surface area contributed by atoms with E-state index in [0.29, 0.717) is 13.1 Å². The Bertz CT molecular complexity index is 550. The number of amides is 1. The van der Waals surface area contributed by atoms with Gasteiger partial charge in [0.25, 0.3) is 0 Å². The van der Waals surface area contributed by atoms with E-state index in [2.05, 4.69) is 23.2 Å². The van der Waals surface area contributed by atoms with E-state index in [-0.39, 0.29) is 6.09 Å². The van der Waals surface area contributed by atoms with Gasteiger partial charge >= 0.3 is 6.09 Å². The Morgan fingerprint density at radius 1 is 1.24 bits per heavy atom. The van der Waals surface area contributed by atoms with Crippen LogP contribution in [-0.4, -0.2) is 34.7 Å². The molecule has 0 N–H and O–H groups in total. The Labute approximate surface area is 126 Å². The zero-order valence-electron chi connectivity index (χ0n) is 13.6. The smallest absolute Gasteiger partial charge is 0.410 e. The van der Waals surface area contributed by atoms with Crippen molar-refractivity contribution >= 4 is 11.7 Å². The van der Waals surface area contributed by atoms with E-state index in [9.17, 15) is 4.79 Å². The fourth-order valence-electron chi connectivity index (χ4n) is 2.46. The van der Waals surface area contributed by atoms with Crippen molar-refractivity contribution < 1.29 is 9.53 Å². The second-order valence-electron chi connectivity index (χ2n) is 6.56. The van der Waals surface area contributed by atoms with Crippen LogP contribution < -0.4 is 0 Å². The first-order valence-electron chi connectivity index (χ1n) is 7.37. The van der Waals surface area contributed by atoms with Crippen molar-refractivity contribution in [3.05, 3.63) is 35.2 Å². The minimum absolute atomic E-state index is 0.240. The summed E-state index contributed by atoms with van der Waals surface area (Å²) in [5, 5.41) is 0. The number of hydrogen-bond acceptors (Lipinski definition) is 3. The van der Waals surface area contributed by atoms with Crippen LogP contribution >= 0.6 is 0 Å². The molecule has 0 fully saturated rings. The van der Waals surface area contributed by atoms with Crippen molar-refractivity contribution in [1.82, 2.24) is 9.88 Å². The third-order valence-corrected chi connectivity index (χ3v) is 3.25. The third kappa shape index (κ3) is 4.31. The van der Waals surface area contributed by atoms with Crippen LogP contribution in [0.5, 0.6) is 0 Å². The zero-order chi connectivity index (χ0) is 15.6. The lowest BCUT2D eigenvalue weighted by Gasteiger charge is -2.30. The van der Waals surface area contributed by atoms with E-state index in [1.807, 2.05) is 34.6 Å². The molecule has 1 amide bonds. The van der Waals surface area contributed by atoms with Crippen molar-refractivity contribution in [2.45, 2.75) is 46.6 Å². The van der Waals surface area contributed by atoms with Gasteiger partial charge in [-0.2, -0.15) is 0 Å². The highest BCUT2D eigenvalue weighted by Crippen LogP contribution is 2.23. The Hall–Kier alpha value is -1.84. The van der Waals surface area contributed by atoms with Crippen LogP contribution in [-0.2, 0) is 4.74 Å². The van der Waals surface area contributed by atoms with Gasteiger partial charge in [-0.15, -0.1) is 0 Å². The van der Waals surface area contributed by atoms with Gasteiger partial charge in [0.1, 0.15) is 5.60 Å². The van der Waals surface area contributed by atoms with Gasteiger partial charge in [-0.05, 0) is 64.3 Å². The van der Waals surface area contributed by atoms with Crippen LogP contribution in [0.1, 0.15) is 44.1 Å². The lowest BCUT2D eigenvalue weighted by molar-refractivity contribution is 0.0273. The van der Waals surface area contributed by atoms with Crippen molar-refractivity contribution in [2.24, 2.45) is 0 Å². The van der Waals surface area contributed by atoms with Gasteiger partial charge in [0, 0.05) is 24.5 Å². The molecule has 0 spiro atoms. The molecule has 2 rings (SSSR count). The molecule has 21 heavy (non-hydrogen) atoms. The summed E-state index contributed by atoms with van der Waals surface area (Å²) < 4.78 is 5.46. The van der Waals surface area contributed by atoms with Gasteiger partial charge in [-0.25, -0.2) is 4.79 Å². The highest BCUT2D eigenvalue weighted by atomic mass is 16.6. The maximum atomic E-state index is 12.2. The Morgan fingerprint density at radius 2 is 1.86 bits per heavy atom. The molecule has 0 radical (unpaired) electrons. The van der Waals surface area contributed by atoms with Crippen LogP contribution in [0.2, 0.25) is 0 Å². The molecule has 4 nitrogen and oxygen atoms in total. The van der Waals surface area contributed by atoms with E-state index in [4.69, 9.17) is 4.74 Å². The number of carbonyl (C=O) groups excluding carboxylic acids is 1. The first kappa shape index (κ1) is 15.5. The third-order valence-electron chi connectivity index (χ3n) is 3.25. The summed E-state index contributed by atoms with van der Waals surface area (Å²) in [4.78, 5) is 18.4. The van der Waals surface area contributed by atoms with E-state index in [1.54, 1.807) is 4.90 Å². The van der Waals surface area contributed by atoms with Crippen molar-refractivity contribution in [3.8, 4) is 0 Å². The number of rotatable bonds is 1. The number of hydrogen-bond donors (Lipinski definition) is 0. The number of pyridine rings is 1. The van der Waals surface area contributed by atoms with Gasteiger partial charge in [0.05, 0.1) is 0 Å². The fraction of sp³-hybridized carbons (Fsp3) is 0.529. The summed E-state index contributed by atoms with van der Waals surface area (Å²) in [6.07, 6.45) is 2.82. The predicted octanol–water partition coefficient (Wildman–Crippen LogP) is 3.72. The average molecular weight is 288 g/mol. The number of nitrogens with zero attached hydrogens (tertiary/aromatic N) is 2. The number of aryl methyl sites for hydroxylation is 2. The molecule has 0 bridgehead atoms. The molecule has 1 aliphatic rings. The van der Waals surface area contributed by atoms with Gasteiger partial charge in [0.15, 0.2) is 0 Å². The molecular weight excluding hydrogens is 264 g/mol. The van der Waals surface area contributed by atoms with Crippen LogP contribution in [0.15, 0.2) is 18.2 Å². The van der Waals surface area contributed by atoms with Crippen molar-refractivity contribution in [2.75, 3.05) is 13.1 Å². The van der Waals surface area contributed by atoms with Crippen LogP contribution in [0.25, 0.3) is 5.57 Å². The summed E-state index contributed by atoms with van der Waals surface area (Å²) in [5.41, 5.74) is 3.86. The fourth-order valence-corrected chi connectivity index (χ4v) is 2.46. The molecule has 0 aliphatic carbocycles. The second-order valence-corrected chi connectivity index (χ2v) is 6.56. The molecule has 0 saturated carbocycles. The van der Waals surface area contributed by atoms with E-state index in [0.717, 1.165) is 23.4 Å². The van der Waals surface area contributed by atoms with Gasteiger partial charge < -0.3 is 9.64 Å². The first-order chi connectivity index (χ1) is 9.74. The Morgan fingerprint density at radius 3 is 2.43 bits per heavy atom. The van der Waals surface area contributed by atoms with Crippen LogP contribution in [0.3, 0.4) is 0 Å². The first-order valence-corrected chi connectivity index (χ1v) is 7.37. The summed E-state index contributed by atoms with van der Waals surface area (Å²) in [5.74, 6) is 0. The standard InChI is InChI=1S/C17H24N2O2/c1-12-9-15(10-13(2)18-12)14-7-6-8-19(11-14)16(20)21-17(3,4)5/h7,9-10H,6,8,11H2,1-5H3. The topological polar surface area (TPSA) is 42.4 Å². The highest BCUT2D eigenvalue weighted by molar-refractivity contribution is 5.75. The molecule has 114 valence electrons. The molecule has 1 aromatic heterocycles. The summed E-state index contributed by atoms with van der Waals surface area (Å²) in [6, 6.07) is 4.13. The Kier molecular flexibility index (Phi) is 4.35. The summed E-state index contributed by atoms with van der Waals surface area (Å²) in [7, 11) is 0. The molecule has 4 heteroatoms. The molecule has 0 saturated heterocycles. The van der Waals surface area contributed by atoms with Crippen molar-refractivity contribution in [3.63, 3.8) is 0 Å².